The van der Waals surface area contributed by atoms with Gasteiger partial charge in [0.2, 0.25) is 11.8 Å². The molecule has 3 amide bonds. The van der Waals surface area contributed by atoms with Crippen molar-refractivity contribution < 1.29 is 18.8 Å². The lowest BCUT2D eigenvalue weighted by molar-refractivity contribution is -0.120. The highest BCUT2D eigenvalue weighted by Crippen LogP contribution is 2.28. The largest absolute Gasteiger partial charge is 0.350 e. The molecule has 8 nitrogen and oxygen atoms in total. The van der Waals surface area contributed by atoms with Gasteiger partial charge in [0, 0.05) is 23.2 Å². The average Bonchev–Trinajstić information content (AvgIpc) is 3.57. The van der Waals surface area contributed by atoms with Crippen LogP contribution >= 0.6 is 11.3 Å². The number of nitrogens with one attached hydrogen (secondary N) is 2. The van der Waals surface area contributed by atoms with E-state index in [-0.39, 0.29) is 36.7 Å². The summed E-state index contributed by atoms with van der Waals surface area (Å²) in [5, 5.41) is 7.54. The number of halogens is 1. The standard InChI is InChI=1S/C23H22FN5O3S/c24-16-6-4-15(5-7-16)22(32)29(19-8-9-19)13-21(31)28-23-27-18(14-33-23)11-20(30)26-12-17-3-1-2-10-25-17/h1-7,10,14,19H,8-9,11-13H2,(H,26,30)(H,27,28,31). The number of anilines is 1. The van der Waals surface area contributed by atoms with Crippen LogP contribution in [0.2, 0.25) is 0 Å². The van der Waals surface area contributed by atoms with E-state index >= 15 is 0 Å². The monoisotopic (exact) mass is 467 g/mol. The van der Waals surface area contributed by atoms with E-state index in [4.69, 9.17) is 0 Å². The van der Waals surface area contributed by atoms with E-state index in [1.807, 2.05) is 12.1 Å². The smallest absolute Gasteiger partial charge is 0.254 e. The number of nitrogens with zero attached hydrogens (tertiary/aromatic N) is 3. The fourth-order valence-electron chi connectivity index (χ4n) is 3.19. The fraction of sp³-hybridized carbons (Fsp3) is 0.261. The highest BCUT2D eigenvalue weighted by molar-refractivity contribution is 7.13. The van der Waals surface area contributed by atoms with E-state index in [9.17, 15) is 18.8 Å². The van der Waals surface area contributed by atoms with Gasteiger partial charge in [-0.05, 0) is 49.2 Å². The summed E-state index contributed by atoms with van der Waals surface area (Å²) in [5.41, 5.74) is 1.63. The molecule has 1 aromatic carbocycles. The van der Waals surface area contributed by atoms with E-state index in [0.717, 1.165) is 18.5 Å². The second-order valence-corrected chi connectivity index (χ2v) is 8.50. The molecule has 33 heavy (non-hydrogen) atoms. The van der Waals surface area contributed by atoms with Crippen LogP contribution in [0.15, 0.2) is 54.0 Å². The predicted octanol–water partition coefficient (Wildman–Crippen LogP) is 2.78. The first-order valence-corrected chi connectivity index (χ1v) is 11.3. The molecular weight excluding hydrogens is 445 g/mol. The zero-order valence-corrected chi connectivity index (χ0v) is 18.5. The summed E-state index contributed by atoms with van der Waals surface area (Å²) in [5.74, 6) is -1.31. The minimum absolute atomic E-state index is 0.00274. The van der Waals surface area contributed by atoms with Gasteiger partial charge in [0.1, 0.15) is 12.4 Å². The van der Waals surface area contributed by atoms with Gasteiger partial charge in [0.25, 0.3) is 5.91 Å². The number of hydrogen-bond donors (Lipinski definition) is 2. The second kappa shape index (κ2) is 10.3. The first-order chi connectivity index (χ1) is 16.0. The maximum atomic E-state index is 13.2. The minimum atomic E-state index is -0.424. The Morgan fingerprint density at radius 2 is 1.85 bits per heavy atom. The molecular formula is C23H22FN5O3S. The van der Waals surface area contributed by atoms with Crippen molar-refractivity contribution >= 4 is 34.2 Å². The molecule has 0 bridgehead atoms. The molecule has 1 aliphatic rings. The average molecular weight is 468 g/mol. The Hall–Kier alpha value is -3.66. The molecule has 0 unspecified atom stereocenters. The number of pyridine rings is 1. The van der Waals surface area contributed by atoms with Crippen LogP contribution < -0.4 is 10.6 Å². The Kier molecular flexibility index (Phi) is 7.04. The summed E-state index contributed by atoms with van der Waals surface area (Å²) in [7, 11) is 0. The van der Waals surface area contributed by atoms with Crippen LogP contribution in [-0.2, 0) is 22.6 Å². The van der Waals surface area contributed by atoms with Gasteiger partial charge in [-0.2, -0.15) is 0 Å². The zero-order chi connectivity index (χ0) is 23.2. The van der Waals surface area contributed by atoms with Crippen LogP contribution in [0.3, 0.4) is 0 Å². The minimum Gasteiger partial charge on any atom is -0.350 e. The molecule has 2 aromatic heterocycles. The van der Waals surface area contributed by atoms with E-state index in [1.165, 1.54) is 40.5 Å². The molecule has 1 aliphatic carbocycles. The number of carbonyl (C=O) groups is 3. The van der Waals surface area contributed by atoms with Gasteiger partial charge < -0.3 is 15.5 Å². The first kappa shape index (κ1) is 22.5. The molecule has 4 rings (SSSR count). The lowest BCUT2D eigenvalue weighted by Gasteiger charge is -2.21. The Morgan fingerprint density at radius 1 is 1.06 bits per heavy atom. The van der Waals surface area contributed by atoms with Gasteiger partial charge in [-0.3, -0.25) is 19.4 Å². The maximum Gasteiger partial charge on any atom is 0.254 e. The second-order valence-electron chi connectivity index (χ2n) is 7.64. The van der Waals surface area contributed by atoms with Gasteiger partial charge >= 0.3 is 0 Å². The highest BCUT2D eigenvalue weighted by Gasteiger charge is 2.34. The van der Waals surface area contributed by atoms with Gasteiger partial charge in [0.05, 0.1) is 24.4 Å². The number of aromatic nitrogens is 2. The molecule has 10 heteroatoms. The van der Waals surface area contributed by atoms with Gasteiger partial charge in [-0.25, -0.2) is 9.37 Å². The Morgan fingerprint density at radius 3 is 2.55 bits per heavy atom. The molecule has 170 valence electrons. The van der Waals surface area contributed by atoms with Gasteiger partial charge in [-0.1, -0.05) is 6.07 Å². The molecule has 1 fully saturated rings. The number of thiazole rings is 1. The number of hydrogen-bond acceptors (Lipinski definition) is 6. The third-order valence-electron chi connectivity index (χ3n) is 4.99. The summed E-state index contributed by atoms with van der Waals surface area (Å²) < 4.78 is 13.2. The third kappa shape index (κ3) is 6.42. The predicted molar refractivity (Wildman–Crippen MR) is 121 cm³/mol. The highest BCUT2D eigenvalue weighted by atomic mass is 32.1. The van der Waals surface area contributed by atoms with E-state index in [2.05, 4.69) is 20.6 Å². The number of benzene rings is 1. The van der Waals surface area contributed by atoms with E-state index < -0.39 is 5.82 Å². The summed E-state index contributed by atoms with van der Waals surface area (Å²) in [6.45, 7) is 0.201. The van der Waals surface area contributed by atoms with Gasteiger partial charge in [-0.15, -0.1) is 11.3 Å². The molecule has 0 saturated heterocycles. The summed E-state index contributed by atoms with van der Waals surface area (Å²) in [4.78, 5) is 47.4. The maximum absolute atomic E-state index is 13.2. The fourth-order valence-corrected chi connectivity index (χ4v) is 3.92. The normalized spacial score (nSPS) is 12.8. The van der Waals surface area contributed by atoms with Crippen molar-refractivity contribution in [3.8, 4) is 0 Å². The number of amides is 3. The Bertz CT molecular complexity index is 1130. The van der Waals surface area contributed by atoms with Crippen LogP contribution in [-0.4, -0.2) is 45.2 Å². The van der Waals surface area contributed by atoms with E-state index in [0.29, 0.717) is 22.9 Å². The molecule has 2 N–H and O–H groups in total. The molecule has 0 radical (unpaired) electrons. The van der Waals surface area contributed by atoms with E-state index in [1.54, 1.807) is 17.6 Å². The van der Waals surface area contributed by atoms with Crippen LogP contribution in [0.5, 0.6) is 0 Å². The number of rotatable bonds is 9. The van der Waals surface area contributed by atoms with Crippen molar-refractivity contribution in [1.29, 1.82) is 0 Å². The van der Waals surface area contributed by atoms with Crippen molar-refractivity contribution in [1.82, 2.24) is 20.2 Å². The SMILES string of the molecule is O=C(Cc1csc(NC(=O)CN(C(=O)c2ccc(F)cc2)C2CC2)n1)NCc1ccccn1. The summed E-state index contributed by atoms with van der Waals surface area (Å²) in [6, 6.07) is 10.8. The van der Waals surface area contributed by atoms with Crippen LogP contribution in [0, 0.1) is 5.82 Å². The summed E-state index contributed by atoms with van der Waals surface area (Å²) in [6.07, 6.45) is 3.40. The van der Waals surface area contributed by atoms with Gasteiger partial charge in [0.15, 0.2) is 5.13 Å². The lowest BCUT2D eigenvalue weighted by Crippen LogP contribution is -2.39. The Labute approximate surface area is 193 Å². The molecule has 1 saturated carbocycles. The molecule has 0 atom stereocenters. The van der Waals surface area contributed by atoms with Crippen molar-refractivity contribution in [2.45, 2.75) is 31.8 Å². The van der Waals surface area contributed by atoms with Crippen LogP contribution in [0.4, 0.5) is 9.52 Å². The van der Waals surface area contributed by atoms with Crippen LogP contribution in [0.25, 0.3) is 0 Å². The Balaban J connectivity index is 1.29. The topological polar surface area (TPSA) is 104 Å². The molecule has 3 aromatic rings. The van der Waals surface area contributed by atoms with Crippen molar-refractivity contribution in [2.24, 2.45) is 0 Å². The van der Waals surface area contributed by atoms with Crippen molar-refractivity contribution in [3.05, 3.63) is 76.8 Å². The first-order valence-electron chi connectivity index (χ1n) is 10.5. The zero-order valence-electron chi connectivity index (χ0n) is 17.7. The molecule has 2 heterocycles. The summed E-state index contributed by atoms with van der Waals surface area (Å²) >= 11 is 1.21. The van der Waals surface area contributed by atoms with Crippen LogP contribution in [0.1, 0.15) is 34.6 Å². The lowest BCUT2D eigenvalue weighted by atomic mass is 10.2. The molecule has 0 spiro atoms. The third-order valence-corrected chi connectivity index (χ3v) is 5.79. The quantitative estimate of drug-likeness (QED) is 0.504. The van der Waals surface area contributed by atoms with Crippen molar-refractivity contribution in [2.75, 3.05) is 11.9 Å². The molecule has 0 aliphatic heterocycles. The van der Waals surface area contributed by atoms with Crippen molar-refractivity contribution in [3.63, 3.8) is 0 Å². The number of carbonyl (C=O) groups excluding carboxylic acids is 3.